The number of para-hydroxylation sites is 1. The second-order valence-corrected chi connectivity index (χ2v) is 9.51. The van der Waals surface area contributed by atoms with Crippen LogP contribution < -0.4 is 4.90 Å². The lowest BCUT2D eigenvalue weighted by Crippen LogP contribution is -2.53. The molecule has 1 aromatic carbocycles. The maximum atomic E-state index is 12.7. The van der Waals surface area contributed by atoms with E-state index in [1.807, 2.05) is 18.2 Å². The summed E-state index contributed by atoms with van der Waals surface area (Å²) in [5, 5.41) is 5.21. The number of aromatic nitrogens is 2. The number of rotatable bonds is 4. The van der Waals surface area contributed by atoms with E-state index >= 15 is 0 Å². The molecule has 3 aromatic rings. The van der Waals surface area contributed by atoms with Gasteiger partial charge in [0.15, 0.2) is 5.82 Å². The van der Waals surface area contributed by atoms with E-state index in [2.05, 4.69) is 41.6 Å². The fourth-order valence-corrected chi connectivity index (χ4v) is 6.10. The number of nitrogens with zero attached hydrogens (tertiary/aromatic N) is 3. The number of fused-ring (bicyclic) bond motifs is 1. The van der Waals surface area contributed by atoms with E-state index in [9.17, 15) is 4.21 Å². The van der Waals surface area contributed by atoms with Crippen molar-refractivity contribution in [2.75, 3.05) is 23.7 Å². The molecule has 2 aromatic heterocycles. The van der Waals surface area contributed by atoms with Gasteiger partial charge in [-0.2, -0.15) is 11.3 Å². The van der Waals surface area contributed by atoms with Crippen molar-refractivity contribution in [2.24, 2.45) is 0 Å². The molecule has 136 valence electrons. The maximum absolute atomic E-state index is 12.7. The number of hydrogen-bond donors (Lipinski definition) is 0. The molecule has 4 nitrogen and oxygen atoms in total. The number of hydrogen-bond acceptors (Lipinski definition) is 5. The van der Waals surface area contributed by atoms with Crippen molar-refractivity contribution in [3.63, 3.8) is 0 Å². The largest absolute Gasteiger partial charge is 0.354 e. The third kappa shape index (κ3) is 2.95. The monoisotopic (exact) mass is 385 g/mol. The van der Waals surface area contributed by atoms with Crippen molar-refractivity contribution in [1.82, 2.24) is 9.97 Å². The predicted octanol–water partition coefficient (Wildman–Crippen LogP) is 4.49. The fraction of sp³-hybridized carbons (Fsp3) is 0.400. The van der Waals surface area contributed by atoms with Gasteiger partial charge in [0.05, 0.1) is 10.3 Å². The van der Waals surface area contributed by atoms with Crippen LogP contribution in [0.3, 0.4) is 0 Å². The summed E-state index contributed by atoms with van der Waals surface area (Å²) in [6.45, 7) is 5.87. The van der Waals surface area contributed by atoms with Gasteiger partial charge in [-0.1, -0.05) is 26.0 Å². The van der Waals surface area contributed by atoms with Crippen molar-refractivity contribution in [3.05, 3.63) is 41.1 Å². The van der Waals surface area contributed by atoms with Crippen molar-refractivity contribution >= 4 is 38.9 Å². The lowest BCUT2D eigenvalue weighted by molar-refractivity contribution is 0.495. The molecule has 1 aliphatic rings. The van der Waals surface area contributed by atoms with Crippen molar-refractivity contribution in [3.8, 4) is 11.4 Å². The van der Waals surface area contributed by atoms with E-state index in [0.717, 1.165) is 54.0 Å². The van der Waals surface area contributed by atoms with Crippen LogP contribution >= 0.6 is 11.3 Å². The Balaban J connectivity index is 1.84. The van der Waals surface area contributed by atoms with E-state index in [4.69, 9.17) is 9.97 Å². The topological polar surface area (TPSA) is 46.1 Å². The molecule has 0 saturated carbocycles. The van der Waals surface area contributed by atoms with Crippen LogP contribution in [0.25, 0.3) is 22.3 Å². The highest BCUT2D eigenvalue weighted by atomic mass is 32.2. The van der Waals surface area contributed by atoms with Gasteiger partial charge in [-0.15, -0.1) is 0 Å². The smallest absolute Gasteiger partial charge is 0.162 e. The molecule has 1 saturated heterocycles. The van der Waals surface area contributed by atoms with Crippen LogP contribution in [0, 0.1) is 0 Å². The molecule has 0 bridgehead atoms. The van der Waals surface area contributed by atoms with Gasteiger partial charge in [-0.25, -0.2) is 9.97 Å². The van der Waals surface area contributed by atoms with Gasteiger partial charge in [0.2, 0.25) is 0 Å². The molecule has 1 atom stereocenters. The van der Waals surface area contributed by atoms with Crippen LogP contribution in [-0.2, 0) is 10.8 Å². The minimum absolute atomic E-state index is 0.146. The van der Waals surface area contributed by atoms with Crippen molar-refractivity contribution in [2.45, 2.75) is 31.4 Å². The molecule has 1 aliphatic heterocycles. The van der Waals surface area contributed by atoms with Crippen LogP contribution in [0.2, 0.25) is 0 Å². The first-order chi connectivity index (χ1) is 12.7. The molecule has 3 heterocycles. The van der Waals surface area contributed by atoms with E-state index in [1.54, 1.807) is 11.3 Å². The van der Waals surface area contributed by atoms with Gasteiger partial charge in [0.1, 0.15) is 5.82 Å². The Morgan fingerprint density at radius 3 is 2.73 bits per heavy atom. The lowest BCUT2D eigenvalue weighted by atomic mass is 10.0. The number of benzene rings is 1. The summed E-state index contributed by atoms with van der Waals surface area (Å²) < 4.78 is 12.6. The zero-order valence-electron chi connectivity index (χ0n) is 15.1. The number of thiophene rings is 1. The quantitative estimate of drug-likeness (QED) is 0.664. The van der Waals surface area contributed by atoms with Gasteiger partial charge in [0, 0.05) is 46.0 Å². The van der Waals surface area contributed by atoms with Gasteiger partial charge in [-0.3, -0.25) is 4.21 Å². The Hall–Kier alpha value is -1.79. The normalized spacial score (nSPS) is 19.8. The fourth-order valence-electron chi connectivity index (χ4n) is 3.71. The molecule has 0 spiro atoms. The van der Waals surface area contributed by atoms with Crippen LogP contribution in [-0.4, -0.2) is 37.8 Å². The minimum Gasteiger partial charge on any atom is -0.354 e. The van der Waals surface area contributed by atoms with Crippen LogP contribution in [0.1, 0.15) is 26.7 Å². The number of anilines is 1. The Bertz CT molecular complexity index is 935. The summed E-state index contributed by atoms with van der Waals surface area (Å²) in [4.78, 5) is 12.1. The van der Waals surface area contributed by atoms with Gasteiger partial charge in [0.25, 0.3) is 0 Å². The van der Waals surface area contributed by atoms with Gasteiger partial charge in [-0.05, 0) is 36.4 Å². The van der Waals surface area contributed by atoms with E-state index in [1.165, 1.54) is 0 Å². The van der Waals surface area contributed by atoms with Crippen LogP contribution in [0.5, 0.6) is 0 Å². The Labute approximate surface area is 160 Å². The first kappa shape index (κ1) is 17.6. The molecule has 1 unspecified atom stereocenters. The third-order valence-corrected chi connectivity index (χ3v) is 8.37. The van der Waals surface area contributed by atoms with E-state index in [-0.39, 0.29) is 4.75 Å². The average molecular weight is 386 g/mol. The van der Waals surface area contributed by atoms with Crippen LogP contribution in [0.4, 0.5) is 5.82 Å². The second-order valence-electron chi connectivity index (χ2n) is 6.76. The summed E-state index contributed by atoms with van der Waals surface area (Å²) in [7, 11) is -0.783. The molecular formula is C20H23N3OS2. The highest BCUT2D eigenvalue weighted by Crippen LogP contribution is 2.34. The van der Waals surface area contributed by atoms with Crippen LogP contribution in [0.15, 0.2) is 41.1 Å². The molecule has 0 amide bonds. The van der Waals surface area contributed by atoms with Crippen molar-refractivity contribution < 1.29 is 4.21 Å². The standard InChI is InChI=1S/C20H23N3OS2/c1-3-20(4-2)14-23(10-12-26(20)24)19-16-7-5-6-8-17(16)21-18(22-19)15-9-11-25-13-15/h5-9,11,13H,3-4,10,12,14H2,1-2H3. The summed E-state index contributed by atoms with van der Waals surface area (Å²) in [6.07, 6.45) is 1.85. The molecular weight excluding hydrogens is 362 g/mol. The lowest BCUT2D eigenvalue weighted by Gasteiger charge is -2.42. The summed E-state index contributed by atoms with van der Waals surface area (Å²) >= 11 is 1.65. The first-order valence-electron chi connectivity index (χ1n) is 9.09. The SMILES string of the molecule is CCC1(CC)CN(c2nc(-c3ccsc3)nc3ccccc23)CCS1=O. The molecule has 4 rings (SSSR count). The second kappa shape index (κ2) is 7.08. The average Bonchev–Trinajstić information content (AvgIpc) is 3.23. The molecule has 6 heteroatoms. The zero-order chi connectivity index (χ0) is 18.1. The molecule has 0 N–H and O–H groups in total. The first-order valence-corrected chi connectivity index (χ1v) is 11.4. The third-order valence-electron chi connectivity index (χ3n) is 5.46. The van der Waals surface area contributed by atoms with E-state index in [0.29, 0.717) is 5.75 Å². The summed E-state index contributed by atoms with van der Waals surface area (Å²) in [5.41, 5.74) is 2.02. The Morgan fingerprint density at radius 1 is 1.19 bits per heavy atom. The van der Waals surface area contributed by atoms with Crippen molar-refractivity contribution in [1.29, 1.82) is 0 Å². The summed E-state index contributed by atoms with van der Waals surface area (Å²) in [5.74, 6) is 2.44. The Kier molecular flexibility index (Phi) is 4.80. The highest BCUT2D eigenvalue weighted by molar-refractivity contribution is 7.86. The van der Waals surface area contributed by atoms with Gasteiger partial charge < -0.3 is 4.90 Å². The minimum atomic E-state index is -0.783. The van der Waals surface area contributed by atoms with Gasteiger partial charge >= 0.3 is 0 Å². The molecule has 1 fully saturated rings. The maximum Gasteiger partial charge on any atom is 0.162 e. The summed E-state index contributed by atoms with van der Waals surface area (Å²) in [6, 6.07) is 10.3. The molecule has 0 radical (unpaired) electrons. The zero-order valence-corrected chi connectivity index (χ0v) is 16.8. The predicted molar refractivity (Wildman–Crippen MR) is 111 cm³/mol. The van der Waals surface area contributed by atoms with E-state index < -0.39 is 10.8 Å². The molecule has 0 aliphatic carbocycles. The highest BCUT2D eigenvalue weighted by Gasteiger charge is 2.39. The Morgan fingerprint density at radius 2 is 2.00 bits per heavy atom. The molecule has 26 heavy (non-hydrogen) atoms.